The van der Waals surface area contributed by atoms with Crippen molar-refractivity contribution in [3.63, 3.8) is 0 Å². The van der Waals surface area contributed by atoms with Gasteiger partial charge < -0.3 is 5.21 Å². The van der Waals surface area contributed by atoms with Crippen molar-refractivity contribution in [2.24, 2.45) is 0 Å². The second-order valence-corrected chi connectivity index (χ2v) is 10.5. The highest BCUT2D eigenvalue weighted by molar-refractivity contribution is 7.29. The number of nitrogens with zero attached hydrogens (tertiary/aromatic N) is 3. The van der Waals surface area contributed by atoms with Crippen LogP contribution >= 0.6 is 56.9 Å². The van der Waals surface area contributed by atoms with Crippen LogP contribution in [0.3, 0.4) is 0 Å². The fraction of sp³-hybridized carbons (Fsp3) is 0. The zero-order valence-electron chi connectivity index (χ0n) is 13.6. The van der Waals surface area contributed by atoms with Crippen molar-refractivity contribution >= 4 is 86.8 Å². The Morgan fingerprint density at radius 1 is 0.857 bits per heavy atom. The van der Waals surface area contributed by atoms with Gasteiger partial charge in [-0.3, -0.25) is 0 Å². The van der Waals surface area contributed by atoms with E-state index < -0.39 is 5.82 Å². The van der Waals surface area contributed by atoms with Crippen LogP contribution in [0.15, 0.2) is 35.0 Å². The summed E-state index contributed by atoms with van der Waals surface area (Å²) in [6, 6.07) is 7.92. The summed E-state index contributed by atoms with van der Waals surface area (Å²) in [7, 11) is 0. The lowest BCUT2D eigenvalue weighted by atomic mass is 10.0. The van der Waals surface area contributed by atoms with E-state index in [9.17, 15) is 5.21 Å². The smallest absolute Gasteiger partial charge is 0.153 e. The Hall–Kier alpha value is -2.04. The summed E-state index contributed by atoms with van der Waals surface area (Å²) in [5, 5.41) is 22.1. The van der Waals surface area contributed by atoms with E-state index in [1.54, 1.807) is 22.7 Å². The molecule has 0 aliphatic carbocycles. The number of halogens is 2. The third-order valence-corrected chi connectivity index (χ3v) is 9.06. The van der Waals surface area contributed by atoms with Crippen LogP contribution in [0.2, 0.25) is 5.02 Å². The average Bonchev–Trinajstić information content (AvgIpc) is 3.40. The summed E-state index contributed by atoms with van der Waals surface area (Å²) >= 11 is 12.7. The van der Waals surface area contributed by atoms with Crippen LogP contribution in [-0.4, -0.2) is 20.4 Å². The minimum Gasteiger partial charge on any atom is -0.396 e. The first-order valence-electron chi connectivity index (χ1n) is 8.02. The molecule has 0 saturated carbocycles. The van der Waals surface area contributed by atoms with Crippen molar-refractivity contribution in [3.05, 3.63) is 45.9 Å². The fourth-order valence-corrected chi connectivity index (χ4v) is 7.94. The molecule has 6 rings (SSSR count). The normalized spacial score (nSPS) is 12.1. The number of fused-ring (bicyclic) bond motifs is 3. The molecule has 0 bridgehead atoms. The van der Waals surface area contributed by atoms with E-state index in [0.717, 1.165) is 23.7 Å². The Bertz CT molecular complexity index is 1350. The molecule has 0 aliphatic heterocycles. The van der Waals surface area contributed by atoms with Gasteiger partial charge in [-0.2, -0.15) is 0 Å². The molecule has 5 heterocycles. The van der Waals surface area contributed by atoms with Gasteiger partial charge in [0, 0.05) is 34.1 Å². The predicted molar refractivity (Wildman–Crippen MR) is 117 cm³/mol. The Kier molecular flexibility index (Phi) is 3.60. The molecule has 10 heteroatoms. The lowest BCUT2D eigenvalue weighted by Gasteiger charge is -2.08. The van der Waals surface area contributed by atoms with Crippen LogP contribution in [0, 0.1) is 5.82 Å². The lowest BCUT2D eigenvalue weighted by Crippen LogP contribution is -1.93. The highest BCUT2D eigenvalue weighted by Crippen LogP contribution is 2.48. The van der Waals surface area contributed by atoms with Gasteiger partial charge in [-0.05, 0) is 40.0 Å². The number of hydrogen-bond donors (Lipinski definition) is 1. The fourth-order valence-electron chi connectivity index (χ4n) is 3.29. The zero-order chi connectivity index (χ0) is 19.0. The molecule has 0 unspecified atom stereocenters. The molecular weight excluding hydrogens is 457 g/mol. The van der Waals surface area contributed by atoms with Crippen molar-refractivity contribution in [2.75, 3.05) is 0 Å². The minimum absolute atomic E-state index is 0.00587. The highest BCUT2D eigenvalue weighted by Gasteiger charge is 2.26. The number of benzene rings is 1. The van der Waals surface area contributed by atoms with Gasteiger partial charge in [0.1, 0.15) is 11.0 Å². The minimum atomic E-state index is -0.546. The molecule has 5 aromatic heterocycles. The number of aromatic nitrogens is 3. The molecule has 1 aromatic carbocycles. The zero-order valence-corrected chi connectivity index (χ0v) is 17.7. The number of thiophene rings is 4. The quantitative estimate of drug-likeness (QED) is 0.273. The van der Waals surface area contributed by atoms with Gasteiger partial charge in [0.25, 0.3) is 0 Å². The van der Waals surface area contributed by atoms with Crippen LogP contribution < -0.4 is 0 Å². The van der Waals surface area contributed by atoms with E-state index in [1.807, 2.05) is 35.0 Å². The highest BCUT2D eigenvalue weighted by atomic mass is 35.5. The third-order valence-electron chi connectivity index (χ3n) is 4.48. The van der Waals surface area contributed by atoms with Crippen molar-refractivity contribution in [2.45, 2.75) is 0 Å². The molecule has 0 aliphatic rings. The Morgan fingerprint density at radius 2 is 1.39 bits per heavy atom. The maximum Gasteiger partial charge on any atom is 0.153 e. The van der Waals surface area contributed by atoms with E-state index in [-0.39, 0.29) is 10.6 Å². The molecule has 138 valence electrons. The number of rotatable bonds is 2. The molecule has 6 aromatic rings. The molecule has 28 heavy (non-hydrogen) atoms. The third kappa shape index (κ3) is 2.31. The maximum absolute atomic E-state index is 15.5. The van der Waals surface area contributed by atoms with Crippen LogP contribution in [0.5, 0.6) is 0 Å². The molecular formula is C18H7ClFN3OS4. The molecule has 0 radical (unpaired) electrons. The average molecular weight is 464 g/mol. The second-order valence-electron chi connectivity index (χ2n) is 6.06. The van der Waals surface area contributed by atoms with Crippen LogP contribution in [0.25, 0.3) is 50.7 Å². The Balaban J connectivity index is 1.70. The SMILES string of the molecule is On1nc2c(-c3cc4sccc4s3)c(F)c(Cl)c(-c3cc4sccc4s3)c2n1. The topological polar surface area (TPSA) is 50.9 Å². The van der Waals surface area contributed by atoms with Gasteiger partial charge in [-0.1, -0.05) is 11.6 Å². The molecule has 0 spiro atoms. The summed E-state index contributed by atoms with van der Waals surface area (Å²) in [6.45, 7) is 0. The van der Waals surface area contributed by atoms with Gasteiger partial charge in [0.15, 0.2) is 5.82 Å². The predicted octanol–water partition coefficient (Wildman–Crippen LogP) is 7.35. The molecule has 0 amide bonds. The summed E-state index contributed by atoms with van der Waals surface area (Å²) in [5.74, 6) is -0.546. The first kappa shape index (κ1) is 16.9. The Labute approximate surface area is 177 Å². The molecule has 4 nitrogen and oxygen atoms in total. The second kappa shape index (κ2) is 5.98. The first-order valence-corrected chi connectivity index (χ1v) is 11.8. The van der Waals surface area contributed by atoms with Crippen molar-refractivity contribution in [1.82, 2.24) is 15.2 Å². The standard InChI is InChI=1S/C18H7ClFN3OS4/c19-15-13(11-5-9-7(27-11)1-3-25-9)17-18(22-23(24)21-17)14(16(15)20)12-6-10-8(28-12)2-4-26-10/h1-6,24H. The van der Waals surface area contributed by atoms with Gasteiger partial charge in [-0.15, -0.1) is 55.5 Å². The summed E-state index contributed by atoms with van der Waals surface area (Å²) in [4.78, 5) is 2.00. The van der Waals surface area contributed by atoms with Crippen molar-refractivity contribution in [1.29, 1.82) is 0 Å². The van der Waals surface area contributed by atoms with Gasteiger partial charge in [0.2, 0.25) is 0 Å². The van der Waals surface area contributed by atoms with Crippen LogP contribution in [-0.2, 0) is 0 Å². The van der Waals surface area contributed by atoms with E-state index >= 15 is 4.39 Å². The van der Waals surface area contributed by atoms with Crippen molar-refractivity contribution < 1.29 is 9.60 Å². The van der Waals surface area contributed by atoms with E-state index in [0.29, 0.717) is 26.4 Å². The molecule has 0 fully saturated rings. The van der Waals surface area contributed by atoms with Crippen LogP contribution in [0.4, 0.5) is 4.39 Å². The van der Waals surface area contributed by atoms with Gasteiger partial charge >= 0.3 is 0 Å². The van der Waals surface area contributed by atoms with Gasteiger partial charge in [0.05, 0.1) is 10.6 Å². The van der Waals surface area contributed by atoms with Gasteiger partial charge in [-0.25, -0.2) is 4.39 Å². The summed E-state index contributed by atoms with van der Waals surface area (Å²) in [5.41, 5.74) is 1.42. The Morgan fingerprint density at radius 3 is 1.96 bits per heavy atom. The maximum atomic E-state index is 15.5. The molecule has 0 atom stereocenters. The lowest BCUT2D eigenvalue weighted by molar-refractivity contribution is 0.113. The van der Waals surface area contributed by atoms with Crippen molar-refractivity contribution in [3.8, 4) is 20.9 Å². The van der Waals surface area contributed by atoms with E-state index in [4.69, 9.17) is 11.6 Å². The summed E-state index contributed by atoms with van der Waals surface area (Å²) in [6.07, 6.45) is 0. The van der Waals surface area contributed by atoms with E-state index in [1.165, 1.54) is 22.7 Å². The van der Waals surface area contributed by atoms with Crippen LogP contribution in [0.1, 0.15) is 0 Å². The monoisotopic (exact) mass is 463 g/mol. The van der Waals surface area contributed by atoms with E-state index in [2.05, 4.69) is 10.2 Å². The first-order chi connectivity index (χ1) is 13.6. The number of hydrogen-bond acceptors (Lipinski definition) is 7. The molecule has 0 saturated heterocycles. The molecule has 1 N–H and O–H groups in total. The summed E-state index contributed by atoms with van der Waals surface area (Å²) < 4.78 is 19.9. The largest absolute Gasteiger partial charge is 0.396 e.